The highest BCUT2D eigenvalue weighted by molar-refractivity contribution is 5.67. The Labute approximate surface area is 115 Å². The fraction of sp³-hybridized carbons (Fsp3) is 0.286. The van der Waals surface area contributed by atoms with Crippen LogP contribution < -0.4 is 5.56 Å². The molecule has 0 saturated heterocycles. The lowest BCUT2D eigenvalue weighted by Crippen LogP contribution is -2.14. The molecule has 106 valence electrons. The van der Waals surface area contributed by atoms with Gasteiger partial charge in [0.15, 0.2) is 0 Å². The molecule has 1 heterocycles. The molecule has 0 fully saturated rings. The molecule has 0 amide bonds. The fourth-order valence-corrected chi connectivity index (χ4v) is 1.91. The van der Waals surface area contributed by atoms with Gasteiger partial charge in [-0.05, 0) is 24.1 Å². The van der Waals surface area contributed by atoms with Crippen molar-refractivity contribution >= 4 is 0 Å². The van der Waals surface area contributed by atoms with Gasteiger partial charge >= 0.3 is 0 Å². The van der Waals surface area contributed by atoms with Crippen molar-refractivity contribution in [3.05, 3.63) is 46.3 Å². The topological polar surface area (TPSA) is 75.2 Å². The summed E-state index contributed by atoms with van der Waals surface area (Å²) in [7, 11) is 1.58. The van der Waals surface area contributed by atoms with E-state index in [1.165, 1.54) is 18.2 Å². The number of nitrogens with one attached hydrogen (secondary N) is 1. The van der Waals surface area contributed by atoms with E-state index in [9.17, 15) is 14.3 Å². The summed E-state index contributed by atoms with van der Waals surface area (Å²) in [5.41, 5.74) is -0.227. The van der Waals surface area contributed by atoms with Gasteiger partial charge in [-0.15, -0.1) is 0 Å². The summed E-state index contributed by atoms with van der Waals surface area (Å²) in [6.07, 6.45) is 1.16. The van der Waals surface area contributed by atoms with Gasteiger partial charge in [-0.1, -0.05) is 12.1 Å². The molecule has 20 heavy (non-hydrogen) atoms. The zero-order valence-corrected chi connectivity index (χ0v) is 11.0. The number of hydrogen-bond acceptors (Lipinski definition) is 4. The lowest BCUT2D eigenvalue weighted by molar-refractivity contribution is 0.194. The molecule has 1 aromatic carbocycles. The summed E-state index contributed by atoms with van der Waals surface area (Å²) in [5, 5.41) is 9.89. The van der Waals surface area contributed by atoms with Crippen molar-refractivity contribution in [3.8, 4) is 17.0 Å². The first-order valence-electron chi connectivity index (χ1n) is 6.19. The van der Waals surface area contributed by atoms with Crippen LogP contribution in [0.5, 0.6) is 5.88 Å². The average molecular weight is 278 g/mol. The molecular formula is C14H15FN2O3. The predicted octanol–water partition coefficient (Wildman–Crippen LogP) is 1.86. The Balaban J connectivity index is 2.34. The number of aromatic nitrogens is 2. The minimum atomic E-state index is -0.490. The van der Waals surface area contributed by atoms with Crippen molar-refractivity contribution in [1.82, 2.24) is 9.97 Å². The van der Waals surface area contributed by atoms with Gasteiger partial charge in [-0.25, -0.2) is 4.39 Å². The maximum Gasteiger partial charge on any atom is 0.262 e. The fourth-order valence-electron chi connectivity index (χ4n) is 1.91. The SMILES string of the molecule is COCCCc1nc(O)c(-c2cccc(F)c2)c(=O)[nH]1. The number of methoxy groups -OCH3 is 1. The number of H-pyrrole nitrogens is 1. The van der Waals surface area contributed by atoms with E-state index >= 15 is 0 Å². The molecule has 2 N–H and O–H groups in total. The van der Waals surface area contributed by atoms with Crippen LogP contribution in [0, 0.1) is 5.82 Å². The highest BCUT2D eigenvalue weighted by atomic mass is 19.1. The number of halogens is 1. The van der Waals surface area contributed by atoms with Gasteiger partial charge in [0.2, 0.25) is 5.88 Å². The Bertz CT molecular complexity index is 655. The van der Waals surface area contributed by atoms with Crippen molar-refractivity contribution in [2.75, 3.05) is 13.7 Å². The van der Waals surface area contributed by atoms with E-state index in [0.29, 0.717) is 30.8 Å². The maximum atomic E-state index is 13.2. The van der Waals surface area contributed by atoms with E-state index in [4.69, 9.17) is 4.74 Å². The Morgan fingerprint density at radius 2 is 2.25 bits per heavy atom. The molecule has 0 aliphatic carbocycles. The molecule has 0 unspecified atom stereocenters. The van der Waals surface area contributed by atoms with Crippen LogP contribution in [0.15, 0.2) is 29.1 Å². The molecule has 2 rings (SSSR count). The van der Waals surface area contributed by atoms with E-state index in [-0.39, 0.29) is 5.56 Å². The third-order valence-corrected chi connectivity index (χ3v) is 2.82. The molecule has 0 radical (unpaired) electrons. The largest absolute Gasteiger partial charge is 0.493 e. The van der Waals surface area contributed by atoms with Gasteiger partial charge in [-0.3, -0.25) is 4.79 Å². The summed E-state index contributed by atoms with van der Waals surface area (Å²) in [6, 6.07) is 5.45. The number of ether oxygens (including phenoxy) is 1. The Morgan fingerprint density at radius 3 is 2.90 bits per heavy atom. The molecule has 1 aromatic heterocycles. The minimum Gasteiger partial charge on any atom is -0.493 e. The highest BCUT2D eigenvalue weighted by Crippen LogP contribution is 2.23. The number of rotatable bonds is 5. The van der Waals surface area contributed by atoms with E-state index < -0.39 is 17.3 Å². The highest BCUT2D eigenvalue weighted by Gasteiger charge is 2.13. The second-order valence-electron chi connectivity index (χ2n) is 4.32. The Morgan fingerprint density at radius 1 is 1.45 bits per heavy atom. The van der Waals surface area contributed by atoms with Gasteiger partial charge < -0.3 is 14.8 Å². The summed E-state index contributed by atoms with van der Waals surface area (Å²) < 4.78 is 18.1. The molecule has 6 heteroatoms. The molecule has 5 nitrogen and oxygen atoms in total. The van der Waals surface area contributed by atoms with Crippen molar-refractivity contribution in [1.29, 1.82) is 0 Å². The summed E-state index contributed by atoms with van der Waals surface area (Å²) in [5.74, 6) is -0.498. The van der Waals surface area contributed by atoms with Crippen LogP contribution in [0.4, 0.5) is 4.39 Å². The van der Waals surface area contributed by atoms with Crippen LogP contribution in [0.2, 0.25) is 0 Å². The first kappa shape index (κ1) is 14.2. The quantitative estimate of drug-likeness (QED) is 0.819. The van der Waals surface area contributed by atoms with E-state index in [1.54, 1.807) is 13.2 Å². The smallest absolute Gasteiger partial charge is 0.262 e. The van der Waals surface area contributed by atoms with Crippen molar-refractivity contribution in [2.45, 2.75) is 12.8 Å². The van der Waals surface area contributed by atoms with Gasteiger partial charge in [0.05, 0.1) is 0 Å². The molecule has 0 spiro atoms. The van der Waals surface area contributed by atoms with E-state index in [1.807, 2.05) is 0 Å². The normalized spacial score (nSPS) is 10.7. The third-order valence-electron chi connectivity index (χ3n) is 2.82. The molecule has 0 aliphatic rings. The van der Waals surface area contributed by atoms with Crippen LogP contribution in [0.1, 0.15) is 12.2 Å². The predicted molar refractivity (Wildman–Crippen MR) is 72.1 cm³/mol. The number of nitrogens with zero attached hydrogens (tertiary/aromatic N) is 1. The van der Waals surface area contributed by atoms with Gasteiger partial charge in [0, 0.05) is 20.1 Å². The zero-order valence-electron chi connectivity index (χ0n) is 11.0. The molecule has 2 aromatic rings. The summed E-state index contributed by atoms with van der Waals surface area (Å²) in [6.45, 7) is 0.538. The maximum absolute atomic E-state index is 13.2. The number of aromatic amines is 1. The van der Waals surface area contributed by atoms with Gasteiger partial charge in [0.1, 0.15) is 17.2 Å². The minimum absolute atomic E-state index is 0.0278. The first-order chi connectivity index (χ1) is 9.61. The molecule has 0 aliphatic heterocycles. The van der Waals surface area contributed by atoms with Crippen LogP contribution in [0.3, 0.4) is 0 Å². The summed E-state index contributed by atoms with van der Waals surface area (Å²) >= 11 is 0. The molecular weight excluding hydrogens is 263 g/mol. The van der Waals surface area contributed by atoms with Gasteiger partial charge in [0.25, 0.3) is 5.56 Å². The average Bonchev–Trinajstić information content (AvgIpc) is 2.38. The first-order valence-corrected chi connectivity index (χ1v) is 6.19. The van der Waals surface area contributed by atoms with Crippen LogP contribution in [0.25, 0.3) is 11.1 Å². The summed E-state index contributed by atoms with van der Waals surface area (Å²) in [4.78, 5) is 18.5. The van der Waals surface area contributed by atoms with E-state index in [0.717, 1.165) is 0 Å². The lowest BCUT2D eigenvalue weighted by Gasteiger charge is -2.06. The Kier molecular flexibility index (Phi) is 4.47. The molecule has 0 bridgehead atoms. The number of aryl methyl sites for hydroxylation is 1. The second-order valence-corrected chi connectivity index (χ2v) is 4.32. The number of hydrogen-bond donors (Lipinski definition) is 2. The van der Waals surface area contributed by atoms with Gasteiger partial charge in [-0.2, -0.15) is 4.98 Å². The Hall–Kier alpha value is -2.21. The van der Waals surface area contributed by atoms with Crippen molar-refractivity contribution in [2.24, 2.45) is 0 Å². The lowest BCUT2D eigenvalue weighted by atomic mass is 10.1. The number of aromatic hydroxyl groups is 1. The zero-order chi connectivity index (χ0) is 14.5. The van der Waals surface area contributed by atoms with E-state index in [2.05, 4.69) is 9.97 Å². The van der Waals surface area contributed by atoms with Crippen LogP contribution in [-0.4, -0.2) is 28.8 Å². The van der Waals surface area contributed by atoms with Crippen molar-refractivity contribution < 1.29 is 14.2 Å². The van der Waals surface area contributed by atoms with Crippen LogP contribution in [-0.2, 0) is 11.2 Å². The standard InChI is InChI=1S/C14H15FN2O3/c1-20-7-3-6-11-16-13(18)12(14(19)17-11)9-4-2-5-10(15)8-9/h2,4-5,8H,3,6-7H2,1H3,(H2,16,17,18,19). The number of benzene rings is 1. The third kappa shape index (κ3) is 3.21. The molecule has 0 saturated carbocycles. The molecule has 0 atom stereocenters. The second kappa shape index (κ2) is 6.29. The van der Waals surface area contributed by atoms with Crippen LogP contribution >= 0.6 is 0 Å². The monoisotopic (exact) mass is 278 g/mol. The van der Waals surface area contributed by atoms with Crippen molar-refractivity contribution in [3.63, 3.8) is 0 Å².